The van der Waals surface area contributed by atoms with Crippen LogP contribution in [0.15, 0.2) is 34.8 Å². The number of hydrogen-bond donors (Lipinski definition) is 1. The molecular formula is C13H7BrClNO. The van der Waals surface area contributed by atoms with E-state index in [1.165, 1.54) is 0 Å². The monoisotopic (exact) mass is 307 g/mol. The summed E-state index contributed by atoms with van der Waals surface area (Å²) < 4.78 is 1.02. The molecule has 0 radical (unpaired) electrons. The number of halogens is 2. The molecule has 1 heterocycles. The molecule has 84 valence electrons. The minimum absolute atomic E-state index is 0.477. The largest absolute Gasteiger partial charge is 0.353 e. The summed E-state index contributed by atoms with van der Waals surface area (Å²) >= 11 is 9.63. The number of aromatic nitrogens is 1. The van der Waals surface area contributed by atoms with Gasteiger partial charge < -0.3 is 4.98 Å². The fraction of sp³-hybridized carbons (Fsp3) is 0. The van der Waals surface area contributed by atoms with Crippen molar-refractivity contribution in [3.63, 3.8) is 0 Å². The van der Waals surface area contributed by atoms with Crippen LogP contribution >= 0.6 is 27.5 Å². The van der Waals surface area contributed by atoms with E-state index in [0.717, 1.165) is 32.6 Å². The number of carbonyl (C=O) groups excluding carboxylic acids is 1. The molecule has 1 N–H and O–H groups in total. The molecule has 0 bridgehead atoms. The number of aldehydes is 1. The fourth-order valence-corrected chi connectivity index (χ4v) is 2.63. The first kappa shape index (κ1) is 10.8. The lowest BCUT2D eigenvalue weighted by molar-refractivity contribution is 0.112. The predicted octanol–water partition coefficient (Wildman–Crippen LogP) is 4.55. The molecule has 0 aliphatic rings. The van der Waals surface area contributed by atoms with E-state index in [2.05, 4.69) is 20.9 Å². The molecule has 3 rings (SSSR count). The molecule has 0 amide bonds. The molecule has 17 heavy (non-hydrogen) atoms. The Morgan fingerprint density at radius 1 is 1.18 bits per heavy atom. The van der Waals surface area contributed by atoms with Gasteiger partial charge in [-0.25, -0.2) is 0 Å². The lowest BCUT2D eigenvalue weighted by atomic mass is 10.1. The molecule has 2 nitrogen and oxygen atoms in total. The molecule has 0 aliphatic heterocycles. The third-order valence-corrected chi connectivity index (χ3v) is 3.73. The van der Waals surface area contributed by atoms with E-state index in [1.807, 2.05) is 24.3 Å². The molecule has 0 saturated heterocycles. The van der Waals surface area contributed by atoms with Crippen molar-refractivity contribution in [1.82, 2.24) is 4.98 Å². The smallest absolute Gasteiger partial charge is 0.151 e. The fourth-order valence-electron chi connectivity index (χ4n) is 2.01. The van der Waals surface area contributed by atoms with Crippen molar-refractivity contribution < 1.29 is 4.79 Å². The first-order valence-electron chi connectivity index (χ1n) is 5.05. The molecule has 0 aliphatic carbocycles. The maximum Gasteiger partial charge on any atom is 0.151 e. The summed E-state index contributed by atoms with van der Waals surface area (Å²) in [6.07, 6.45) is 0.767. The van der Waals surface area contributed by atoms with E-state index in [9.17, 15) is 4.79 Å². The Labute approximate surface area is 111 Å². The van der Waals surface area contributed by atoms with Gasteiger partial charge in [-0.05, 0) is 24.3 Å². The normalized spacial score (nSPS) is 11.2. The average Bonchev–Trinajstić information content (AvgIpc) is 2.69. The van der Waals surface area contributed by atoms with Crippen molar-refractivity contribution >= 4 is 55.6 Å². The van der Waals surface area contributed by atoms with Gasteiger partial charge in [-0.15, -0.1) is 0 Å². The Hall–Kier alpha value is -1.32. The number of carbonyl (C=O) groups is 1. The van der Waals surface area contributed by atoms with Gasteiger partial charge in [0.15, 0.2) is 6.29 Å². The van der Waals surface area contributed by atoms with E-state index in [1.54, 1.807) is 6.07 Å². The summed E-state index contributed by atoms with van der Waals surface area (Å²) in [6.45, 7) is 0. The first-order chi connectivity index (χ1) is 8.20. The molecule has 3 aromatic rings. The summed E-state index contributed by atoms with van der Waals surface area (Å²) in [4.78, 5) is 14.1. The zero-order valence-corrected chi connectivity index (χ0v) is 11.0. The predicted molar refractivity (Wildman–Crippen MR) is 73.9 cm³/mol. The quantitative estimate of drug-likeness (QED) is 0.657. The molecule has 0 fully saturated rings. The van der Waals surface area contributed by atoms with Crippen molar-refractivity contribution in [2.45, 2.75) is 0 Å². The van der Waals surface area contributed by atoms with Gasteiger partial charge in [0.1, 0.15) is 0 Å². The van der Waals surface area contributed by atoms with Gasteiger partial charge in [-0.2, -0.15) is 0 Å². The topological polar surface area (TPSA) is 32.9 Å². The standard InChI is InChI=1S/C13H7BrClNO/c14-8-2-4-11-10(5-8)9-3-1-7(6-17)12(15)13(9)16-11/h1-6,16H. The highest BCUT2D eigenvalue weighted by Gasteiger charge is 2.10. The highest BCUT2D eigenvalue weighted by Crippen LogP contribution is 2.33. The molecule has 4 heteroatoms. The molecule has 2 aromatic carbocycles. The van der Waals surface area contributed by atoms with Crippen molar-refractivity contribution in [3.8, 4) is 0 Å². The van der Waals surface area contributed by atoms with E-state index in [0.29, 0.717) is 10.6 Å². The number of fused-ring (bicyclic) bond motifs is 3. The van der Waals surface area contributed by atoms with Crippen LogP contribution in [0.5, 0.6) is 0 Å². The Bertz CT molecular complexity index is 748. The number of H-pyrrole nitrogens is 1. The summed E-state index contributed by atoms with van der Waals surface area (Å²) in [7, 11) is 0. The first-order valence-corrected chi connectivity index (χ1v) is 6.22. The second-order valence-electron chi connectivity index (χ2n) is 3.82. The SMILES string of the molecule is O=Cc1ccc2c([nH]c3ccc(Br)cc32)c1Cl. The molecule has 0 spiro atoms. The lowest BCUT2D eigenvalue weighted by Crippen LogP contribution is -1.82. The van der Waals surface area contributed by atoms with Gasteiger partial charge in [0.2, 0.25) is 0 Å². The third-order valence-electron chi connectivity index (χ3n) is 2.83. The Morgan fingerprint density at radius 3 is 2.76 bits per heavy atom. The minimum atomic E-state index is 0.477. The molecule has 1 aromatic heterocycles. The summed E-state index contributed by atoms with van der Waals surface area (Å²) in [5, 5.41) is 2.59. The Morgan fingerprint density at radius 2 is 2.00 bits per heavy atom. The average molecular weight is 309 g/mol. The van der Waals surface area contributed by atoms with Crippen LogP contribution in [0.25, 0.3) is 21.8 Å². The van der Waals surface area contributed by atoms with Crippen LogP contribution in [0.1, 0.15) is 10.4 Å². The van der Waals surface area contributed by atoms with Gasteiger partial charge in [0, 0.05) is 26.3 Å². The molecule has 0 atom stereocenters. The Balaban J connectivity index is 2.51. The van der Waals surface area contributed by atoms with Gasteiger partial charge in [-0.3, -0.25) is 4.79 Å². The summed E-state index contributed by atoms with van der Waals surface area (Å²) in [6, 6.07) is 9.63. The van der Waals surface area contributed by atoms with Crippen LogP contribution in [0.2, 0.25) is 5.02 Å². The minimum Gasteiger partial charge on any atom is -0.353 e. The number of rotatable bonds is 1. The van der Waals surface area contributed by atoms with Crippen LogP contribution in [0.3, 0.4) is 0 Å². The third kappa shape index (κ3) is 1.58. The lowest BCUT2D eigenvalue weighted by Gasteiger charge is -1.97. The maximum atomic E-state index is 10.8. The van der Waals surface area contributed by atoms with Crippen LogP contribution in [-0.4, -0.2) is 11.3 Å². The number of benzene rings is 2. The second kappa shape index (κ2) is 3.86. The zero-order valence-electron chi connectivity index (χ0n) is 8.63. The van der Waals surface area contributed by atoms with Crippen LogP contribution < -0.4 is 0 Å². The Kier molecular flexibility index (Phi) is 2.45. The van der Waals surface area contributed by atoms with E-state index in [-0.39, 0.29) is 0 Å². The summed E-state index contributed by atoms with van der Waals surface area (Å²) in [5.74, 6) is 0. The van der Waals surface area contributed by atoms with E-state index in [4.69, 9.17) is 11.6 Å². The van der Waals surface area contributed by atoms with Crippen molar-refractivity contribution in [2.24, 2.45) is 0 Å². The number of nitrogens with one attached hydrogen (secondary N) is 1. The number of hydrogen-bond acceptors (Lipinski definition) is 1. The molecule has 0 saturated carbocycles. The number of aromatic amines is 1. The molecular weight excluding hydrogens is 302 g/mol. The van der Waals surface area contributed by atoms with Gasteiger partial charge >= 0.3 is 0 Å². The van der Waals surface area contributed by atoms with E-state index < -0.39 is 0 Å². The van der Waals surface area contributed by atoms with Crippen molar-refractivity contribution in [2.75, 3.05) is 0 Å². The van der Waals surface area contributed by atoms with Gasteiger partial charge in [0.25, 0.3) is 0 Å². The van der Waals surface area contributed by atoms with Gasteiger partial charge in [0.05, 0.1) is 10.5 Å². The van der Waals surface area contributed by atoms with Crippen LogP contribution in [0.4, 0.5) is 0 Å². The maximum absolute atomic E-state index is 10.8. The summed E-state index contributed by atoms with van der Waals surface area (Å²) in [5.41, 5.74) is 2.32. The highest BCUT2D eigenvalue weighted by molar-refractivity contribution is 9.10. The molecule has 0 unspecified atom stereocenters. The van der Waals surface area contributed by atoms with Crippen LogP contribution in [-0.2, 0) is 0 Å². The van der Waals surface area contributed by atoms with Crippen LogP contribution in [0, 0.1) is 0 Å². The van der Waals surface area contributed by atoms with Gasteiger partial charge in [-0.1, -0.05) is 33.6 Å². The highest BCUT2D eigenvalue weighted by atomic mass is 79.9. The van der Waals surface area contributed by atoms with Crippen molar-refractivity contribution in [3.05, 3.63) is 45.4 Å². The van der Waals surface area contributed by atoms with Crippen molar-refractivity contribution in [1.29, 1.82) is 0 Å². The van der Waals surface area contributed by atoms with E-state index >= 15 is 0 Å². The zero-order chi connectivity index (χ0) is 12.0. The second-order valence-corrected chi connectivity index (χ2v) is 5.12.